The van der Waals surface area contributed by atoms with E-state index in [2.05, 4.69) is 0 Å². The minimum atomic E-state index is -0.345. The Hall–Kier alpha value is -0.600. The van der Waals surface area contributed by atoms with Crippen molar-refractivity contribution in [2.45, 2.75) is 13.0 Å². The fourth-order valence-electron chi connectivity index (χ4n) is 0.620. The van der Waals surface area contributed by atoms with Crippen LogP contribution in [0.4, 0.5) is 0 Å². The van der Waals surface area contributed by atoms with Crippen LogP contribution in [-0.2, 0) is 0 Å². The van der Waals surface area contributed by atoms with E-state index in [0.29, 0.717) is 0 Å². The van der Waals surface area contributed by atoms with E-state index < -0.39 is 0 Å². The first-order valence-electron chi connectivity index (χ1n) is 3.19. The zero-order valence-electron chi connectivity index (χ0n) is 5.82. The van der Waals surface area contributed by atoms with Crippen molar-refractivity contribution in [3.63, 3.8) is 0 Å². The van der Waals surface area contributed by atoms with E-state index in [9.17, 15) is 0 Å². The van der Waals surface area contributed by atoms with Crippen LogP contribution in [0, 0.1) is 0 Å². The Balaban J connectivity index is 2.55. The fraction of sp³-hybridized carbons (Fsp3) is 0.250. The molecule has 0 spiro atoms. The highest BCUT2D eigenvalue weighted by Crippen LogP contribution is 2.10. The van der Waals surface area contributed by atoms with Gasteiger partial charge in [0, 0.05) is 4.88 Å². The Morgan fingerprint density at radius 2 is 2.50 bits per heavy atom. The second-order valence-corrected chi connectivity index (χ2v) is 3.09. The minimum Gasteiger partial charge on any atom is -0.389 e. The Labute approximate surface area is 64.6 Å². The van der Waals surface area contributed by atoms with Gasteiger partial charge in [-0.05, 0) is 24.4 Å². The van der Waals surface area contributed by atoms with Crippen molar-refractivity contribution in [1.82, 2.24) is 0 Å². The summed E-state index contributed by atoms with van der Waals surface area (Å²) in [5, 5.41) is 10.9. The first-order chi connectivity index (χ1) is 4.79. The lowest BCUT2D eigenvalue weighted by atomic mass is 10.3. The predicted molar refractivity (Wildman–Crippen MR) is 45.0 cm³/mol. The number of hydrogen-bond acceptors (Lipinski definition) is 2. The molecule has 1 atom stereocenters. The maximum atomic E-state index is 8.87. The summed E-state index contributed by atoms with van der Waals surface area (Å²) in [7, 11) is 0. The van der Waals surface area contributed by atoms with Gasteiger partial charge in [0.05, 0.1) is 6.10 Å². The molecule has 10 heavy (non-hydrogen) atoms. The molecule has 0 saturated carbocycles. The molecular formula is C8H10OS. The highest BCUT2D eigenvalue weighted by Gasteiger charge is 1.87. The molecule has 0 radical (unpaired) electrons. The molecule has 1 rings (SSSR count). The Morgan fingerprint density at radius 3 is 3.00 bits per heavy atom. The largest absolute Gasteiger partial charge is 0.389 e. The number of hydrogen-bond donors (Lipinski definition) is 1. The molecule has 0 aromatic carbocycles. The maximum absolute atomic E-state index is 8.87. The van der Waals surface area contributed by atoms with Crippen LogP contribution in [0.15, 0.2) is 23.6 Å². The Morgan fingerprint density at radius 1 is 1.70 bits per heavy atom. The average molecular weight is 154 g/mol. The van der Waals surface area contributed by atoms with E-state index >= 15 is 0 Å². The van der Waals surface area contributed by atoms with Gasteiger partial charge in [0.2, 0.25) is 0 Å². The van der Waals surface area contributed by atoms with Crippen molar-refractivity contribution in [2.24, 2.45) is 0 Å². The lowest BCUT2D eigenvalue weighted by Gasteiger charge is -1.90. The van der Waals surface area contributed by atoms with Crippen molar-refractivity contribution < 1.29 is 5.11 Å². The Bertz CT molecular complexity index is 199. The maximum Gasteiger partial charge on any atom is 0.0696 e. The lowest BCUT2D eigenvalue weighted by Crippen LogP contribution is -1.90. The van der Waals surface area contributed by atoms with Gasteiger partial charge in [-0.15, -0.1) is 11.3 Å². The van der Waals surface area contributed by atoms with Crippen LogP contribution in [0.25, 0.3) is 6.08 Å². The molecule has 0 bridgehead atoms. The van der Waals surface area contributed by atoms with Crippen LogP contribution in [0.1, 0.15) is 11.8 Å². The third-order valence-corrected chi connectivity index (χ3v) is 1.92. The molecule has 1 N–H and O–H groups in total. The van der Waals surface area contributed by atoms with Gasteiger partial charge in [-0.25, -0.2) is 0 Å². The van der Waals surface area contributed by atoms with Crippen LogP contribution in [0.3, 0.4) is 0 Å². The molecule has 1 aromatic rings. The monoisotopic (exact) mass is 154 g/mol. The number of aliphatic hydroxyl groups excluding tert-OH is 1. The van der Waals surface area contributed by atoms with Crippen molar-refractivity contribution in [2.75, 3.05) is 0 Å². The van der Waals surface area contributed by atoms with Gasteiger partial charge in [-0.1, -0.05) is 12.1 Å². The third kappa shape index (κ3) is 2.33. The molecular weight excluding hydrogens is 144 g/mol. The van der Waals surface area contributed by atoms with Crippen LogP contribution in [0.5, 0.6) is 0 Å². The molecule has 0 aliphatic rings. The van der Waals surface area contributed by atoms with Crippen LogP contribution >= 0.6 is 11.3 Å². The molecule has 0 amide bonds. The van der Waals surface area contributed by atoms with Gasteiger partial charge in [0.25, 0.3) is 0 Å². The van der Waals surface area contributed by atoms with Crippen LogP contribution < -0.4 is 0 Å². The zero-order valence-corrected chi connectivity index (χ0v) is 6.64. The summed E-state index contributed by atoms with van der Waals surface area (Å²) in [5.74, 6) is 0. The van der Waals surface area contributed by atoms with E-state index in [1.165, 1.54) is 4.88 Å². The summed E-state index contributed by atoms with van der Waals surface area (Å²) in [6.45, 7) is 1.74. The van der Waals surface area contributed by atoms with Gasteiger partial charge < -0.3 is 5.11 Å². The van der Waals surface area contributed by atoms with Crippen molar-refractivity contribution in [1.29, 1.82) is 0 Å². The van der Waals surface area contributed by atoms with Gasteiger partial charge in [0.1, 0.15) is 0 Å². The Kier molecular flexibility index (Phi) is 2.66. The highest BCUT2D eigenvalue weighted by atomic mass is 32.1. The van der Waals surface area contributed by atoms with Crippen LogP contribution in [0.2, 0.25) is 0 Å². The molecule has 1 aromatic heterocycles. The van der Waals surface area contributed by atoms with Gasteiger partial charge >= 0.3 is 0 Å². The second kappa shape index (κ2) is 3.54. The van der Waals surface area contributed by atoms with Crippen molar-refractivity contribution >= 4 is 17.4 Å². The summed E-state index contributed by atoms with van der Waals surface area (Å²) >= 11 is 1.67. The molecule has 54 valence electrons. The van der Waals surface area contributed by atoms with Gasteiger partial charge in [0.15, 0.2) is 0 Å². The smallest absolute Gasteiger partial charge is 0.0696 e. The third-order valence-electron chi connectivity index (χ3n) is 1.08. The van der Waals surface area contributed by atoms with E-state index in [1.54, 1.807) is 24.3 Å². The summed E-state index contributed by atoms with van der Waals surface area (Å²) in [6.07, 6.45) is 3.35. The molecule has 0 fully saturated rings. The topological polar surface area (TPSA) is 20.2 Å². The standard InChI is InChI=1S/C8H10OS/c1-7(9)4-5-8-3-2-6-10-8/h2-7,9H,1H3/b5-4+. The molecule has 0 aliphatic carbocycles. The van der Waals surface area contributed by atoms with Crippen molar-refractivity contribution in [3.8, 4) is 0 Å². The normalized spacial score (nSPS) is 14.2. The molecule has 2 heteroatoms. The molecule has 0 aliphatic heterocycles. The van der Waals surface area contributed by atoms with Crippen molar-refractivity contribution in [3.05, 3.63) is 28.5 Å². The van der Waals surface area contributed by atoms with Gasteiger partial charge in [-0.3, -0.25) is 0 Å². The molecule has 1 heterocycles. The van der Waals surface area contributed by atoms with E-state index in [1.807, 2.05) is 23.6 Å². The van der Waals surface area contributed by atoms with Crippen LogP contribution in [-0.4, -0.2) is 11.2 Å². The van der Waals surface area contributed by atoms with E-state index in [4.69, 9.17) is 5.11 Å². The summed E-state index contributed by atoms with van der Waals surface area (Å²) in [5.41, 5.74) is 0. The lowest BCUT2D eigenvalue weighted by molar-refractivity contribution is 0.245. The summed E-state index contributed by atoms with van der Waals surface area (Å²) in [4.78, 5) is 1.18. The predicted octanol–water partition coefficient (Wildman–Crippen LogP) is 2.14. The zero-order chi connectivity index (χ0) is 7.40. The number of thiophene rings is 1. The fourth-order valence-corrected chi connectivity index (χ4v) is 1.25. The molecule has 0 saturated heterocycles. The summed E-state index contributed by atoms with van der Waals surface area (Å²) < 4.78 is 0. The summed E-state index contributed by atoms with van der Waals surface area (Å²) in [6, 6.07) is 4.01. The SMILES string of the molecule is CC(O)/C=C/c1cccs1. The highest BCUT2D eigenvalue weighted by molar-refractivity contribution is 7.10. The van der Waals surface area contributed by atoms with E-state index in [-0.39, 0.29) is 6.10 Å². The van der Waals surface area contributed by atoms with Gasteiger partial charge in [-0.2, -0.15) is 0 Å². The van der Waals surface area contributed by atoms with E-state index in [0.717, 1.165) is 0 Å². The second-order valence-electron chi connectivity index (χ2n) is 2.12. The average Bonchev–Trinajstić information content (AvgIpc) is 2.34. The number of rotatable bonds is 2. The molecule has 1 unspecified atom stereocenters. The number of aliphatic hydroxyl groups is 1. The molecule has 1 nitrogen and oxygen atoms in total. The minimum absolute atomic E-state index is 0.345. The quantitative estimate of drug-likeness (QED) is 0.692. The first-order valence-corrected chi connectivity index (χ1v) is 4.07. The first kappa shape index (κ1) is 7.51.